The average Bonchev–Trinajstić information content (AvgIpc) is 2.51. The minimum atomic E-state index is -0.140. The molecule has 1 rings (SSSR count). The monoisotopic (exact) mass is 197 g/mol. The third kappa shape index (κ3) is 3.14. The molecule has 78 valence electrons. The topological polar surface area (TPSA) is 71.8 Å². The highest BCUT2D eigenvalue weighted by Gasteiger charge is 2.04. The van der Waals surface area contributed by atoms with Gasteiger partial charge in [-0.2, -0.15) is 0 Å². The Morgan fingerprint density at radius 1 is 1.71 bits per heavy atom. The predicted octanol–water partition coefficient (Wildman–Crippen LogP) is -0.156. The lowest BCUT2D eigenvalue weighted by Gasteiger charge is -2.08. The average molecular weight is 197 g/mol. The predicted molar refractivity (Wildman–Crippen MR) is 52.8 cm³/mol. The van der Waals surface area contributed by atoms with Gasteiger partial charge in [0.25, 0.3) is 0 Å². The Morgan fingerprint density at radius 2 is 2.43 bits per heavy atom. The molecule has 0 saturated carbocycles. The van der Waals surface area contributed by atoms with Gasteiger partial charge in [0.05, 0.1) is 12.7 Å². The first kappa shape index (κ1) is 10.6. The van der Waals surface area contributed by atoms with Crippen molar-refractivity contribution in [3.63, 3.8) is 0 Å². The molecule has 0 aromatic carbocycles. The maximum Gasteiger partial charge on any atom is 0.222 e. The molecule has 0 aliphatic carbocycles. The van der Waals surface area contributed by atoms with Crippen LogP contribution in [0.2, 0.25) is 0 Å². The molecule has 0 saturated heterocycles. The van der Waals surface area contributed by atoms with E-state index < -0.39 is 0 Å². The van der Waals surface area contributed by atoms with Crippen LogP contribution >= 0.6 is 0 Å². The Balaban J connectivity index is 2.54. The molecule has 1 atom stereocenters. The van der Waals surface area contributed by atoms with E-state index in [4.69, 9.17) is 0 Å². The molecule has 1 unspecified atom stereocenters. The van der Waals surface area contributed by atoms with Gasteiger partial charge >= 0.3 is 0 Å². The van der Waals surface area contributed by atoms with Crippen molar-refractivity contribution in [3.8, 4) is 0 Å². The number of carbonyl (C=O) groups excluding carboxylic acids is 1. The normalized spacial score (nSPS) is 12.5. The molecule has 2 N–H and O–H groups in total. The molecule has 6 heteroatoms. The molecule has 0 spiro atoms. The Kier molecular flexibility index (Phi) is 3.58. The summed E-state index contributed by atoms with van der Waals surface area (Å²) < 4.78 is 1.69. The molecule has 0 aliphatic rings. The van der Waals surface area contributed by atoms with Crippen molar-refractivity contribution >= 4 is 11.7 Å². The molecular formula is C8H15N5O. The van der Waals surface area contributed by atoms with Crippen LogP contribution in [0.15, 0.2) is 6.20 Å². The highest BCUT2D eigenvalue weighted by molar-refractivity contribution is 5.87. The van der Waals surface area contributed by atoms with Crippen LogP contribution in [-0.2, 0) is 11.3 Å². The van der Waals surface area contributed by atoms with Gasteiger partial charge in [0.1, 0.15) is 0 Å². The molecule has 1 aromatic rings. The van der Waals surface area contributed by atoms with E-state index in [0.717, 1.165) is 6.54 Å². The van der Waals surface area contributed by atoms with Crippen molar-refractivity contribution < 1.29 is 4.79 Å². The summed E-state index contributed by atoms with van der Waals surface area (Å²) in [4.78, 5) is 10.7. The number of likely N-dealkylation sites (N-methyl/N-ethyl adjacent to an activating group) is 1. The molecular weight excluding hydrogens is 182 g/mol. The zero-order valence-electron chi connectivity index (χ0n) is 8.61. The number of carbonyl (C=O) groups is 1. The fraction of sp³-hybridized carbons (Fsp3) is 0.625. The van der Waals surface area contributed by atoms with E-state index in [1.807, 2.05) is 14.0 Å². The van der Waals surface area contributed by atoms with Gasteiger partial charge in [0.15, 0.2) is 5.82 Å². The van der Waals surface area contributed by atoms with Crippen molar-refractivity contribution in [3.05, 3.63) is 6.20 Å². The van der Waals surface area contributed by atoms with Crippen LogP contribution in [0.25, 0.3) is 0 Å². The first-order valence-electron chi connectivity index (χ1n) is 4.47. The number of nitrogens with one attached hydrogen (secondary N) is 2. The maximum absolute atomic E-state index is 10.7. The minimum Gasteiger partial charge on any atom is -0.315 e. The number of amides is 1. The lowest BCUT2D eigenvalue weighted by atomic mass is 10.3. The van der Waals surface area contributed by atoms with Crippen LogP contribution in [0.5, 0.6) is 0 Å². The molecule has 0 aliphatic heterocycles. The number of hydrogen-bond acceptors (Lipinski definition) is 4. The zero-order chi connectivity index (χ0) is 10.6. The second-order valence-electron chi connectivity index (χ2n) is 3.20. The lowest BCUT2D eigenvalue weighted by molar-refractivity contribution is -0.114. The molecule has 1 amide bonds. The van der Waals surface area contributed by atoms with Crippen LogP contribution in [-0.4, -0.2) is 34.0 Å². The number of rotatable bonds is 4. The van der Waals surface area contributed by atoms with E-state index in [-0.39, 0.29) is 5.91 Å². The fourth-order valence-corrected chi connectivity index (χ4v) is 0.997. The quantitative estimate of drug-likeness (QED) is 0.703. The number of aromatic nitrogens is 3. The first-order chi connectivity index (χ1) is 6.61. The van der Waals surface area contributed by atoms with Gasteiger partial charge in [-0.1, -0.05) is 5.21 Å². The SMILES string of the molecule is CNC(C)Cn1cc(NC(C)=O)nn1. The van der Waals surface area contributed by atoms with E-state index >= 15 is 0 Å². The highest BCUT2D eigenvalue weighted by atomic mass is 16.1. The minimum absolute atomic E-state index is 0.140. The summed E-state index contributed by atoms with van der Waals surface area (Å²) in [6.07, 6.45) is 1.70. The second kappa shape index (κ2) is 4.71. The Labute approximate surface area is 82.7 Å². The van der Waals surface area contributed by atoms with Gasteiger partial charge < -0.3 is 10.6 Å². The van der Waals surface area contributed by atoms with E-state index in [9.17, 15) is 4.79 Å². The maximum atomic E-state index is 10.7. The van der Waals surface area contributed by atoms with Gasteiger partial charge in [-0.25, -0.2) is 4.68 Å². The number of nitrogens with zero attached hydrogens (tertiary/aromatic N) is 3. The van der Waals surface area contributed by atoms with Gasteiger partial charge in [-0.3, -0.25) is 4.79 Å². The zero-order valence-corrected chi connectivity index (χ0v) is 8.61. The summed E-state index contributed by atoms with van der Waals surface area (Å²) in [5.74, 6) is 0.347. The summed E-state index contributed by atoms with van der Waals surface area (Å²) >= 11 is 0. The van der Waals surface area contributed by atoms with Crippen LogP contribution in [0.4, 0.5) is 5.82 Å². The summed E-state index contributed by atoms with van der Waals surface area (Å²) in [5, 5.41) is 13.3. The Hall–Kier alpha value is -1.43. The summed E-state index contributed by atoms with van der Waals surface area (Å²) in [6.45, 7) is 4.21. The van der Waals surface area contributed by atoms with Crippen molar-refractivity contribution in [1.82, 2.24) is 20.3 Å². The van der Waals surface area contributed by atoms with Crippen LogP contribution in [0, 0.1) is 0 Å². The van der Waals surface area contributed by atoms with Crippen molar-refractivity contribution in [2.75, 3.05) is 12.4 Å². The third-order valence-electron chi connectivity index (χ3n) is 1.80. The Bertz CT molecular complexity index is 308. The standard InChI is InChI=1S/C8H15N5O/c1-6(9-3)4-13-5-8(11-12-13)10-7(2)14/h5-6,9H,4H2,1-3H3,(H,10,14). The van der Waals surface area contributed by atoms with Gasteiger partial charge in [-0.05, 0) is 14.0 Å². The van der Waals surface area contributed by atoms with Crippen LogP contribution < -0.4 is 10.6 Å². The number of anilines is 1. The van der Waals surface area contributed by atoms with Gasteiger partial charge in [-0.15, -0.1) is 5.10 Å². The largest absolute Gasteiger partial charge is 0.315 e. The summed E-state index contributed by atoms with van der Waals surface area (Å²) in [7, 11) is 1.89. The third-order valence-corrected chi connectivity index (χ3v) is 1.80. The Morgan fingerprint density at radius 3 is 3.00 bits per heavy atom. The highest BCUT2D eigenvalue weighted by Crippen LogP contribution is 2.00. The van der Waals surface area contributed by atoms with Gasteiger partial charge in [0, 0.05) is 13.0 Å². The number of hydrogen-bond donors (Lipinski definition) is 2. The fourth-order valence-electron chi connectivity index (χ4n) is 0.997. The molecule has 6 nitrogen and oxygen atoms in total. The summed E-state index contributed by atoms with van der Waals surface area (Å²) in [6, 6.07) is 0.321. The van der Waals surface area contributed by atoms with Crippen LogP contribution in [0.1, 0.15) is 13.8 Å². The van der Waals surface area contributed by atoms with Crippen molar-refractivity contribution in [2.45, 2.75) is 26.4 Å². The first-order valence-corrected chi connectivity index (χ1v) is 4.47. The van der Waals surface area contributed by atoms with Crippen molar-refractivity contribution in [1.29, 1.82) is 0 Å². The smallest absolute Gasteiger partial charge is 0.222 e. The molecule has 0 fully saturated rings. The lowest BCUT2D eigenvalue weighted by Crippen LogP contribution is -2.26. The summed E-state index contributed by atoms with van der Waals surface area (Å²) in [5.41, 5.74) is 0. The molecule has 14 heavy (non-hydrogen) atoms. The van der Waals surface area contributed by atoms with E-state index in [0.29, 0.717) is 11.9 Å². The van der Waals surface area contributed by atoms with E-state index in [2.05, 4.69) is 20.9 Å². The van der Waals surface area contributed by atoms with Crippen molar-refractivity contribution in [2.24, 2.45) is 0 Å². The molecule has 1 aromatic heterocycles. The molecule has 1 heterocycles. The molecule has 0 radical (unpaired) electrons. The molecule has 0 bridgehead atoms. The second-order valence-corrected chi connectivity index (χ2v) is 3.20. The van der Waals surface area contributed by atoms with E-state index in [1.165, 1.54) is 6.92 Å². The van der Waals surface area contributed by atoms with Crippen LogP contribution in [0.3, 0.4) is 0 Å². The van der Waals surface area contributed by atoms with Gasteiger partial charge in [0.2, 0.25) is 5.91 Å². The van der Waals surface area contributed by atoms with E-state index in [1.54, 1.807) is 10.9 Å².